The molecule has 0 aromatic heterocycles. The summed E-state index contributed by atoms with van der Waals surface area (Å²) in [6, 6.07) is -0.192. The number of carbonyl (C=O) groups excluding carboxylic acids is 1. The molecule has 0 aromatic carbocycles. The van der Waals surface area contributed by atoms with Gasteiger partial charge in [-0.15, -0.1) is 0 Å². The fraction of sp³-hybridized carbons (Fsp3) is 0.929. The molecule has 112 valence electrons. The standard InChI is InChI=1S/C14H27NO4/c1-9(2)11-10(8-17-14(6,7)18-11)15-12(16)19-13(3,4)5/h9-11H,8H2,1-7H3,(H,15,16)/t10-,11+/m0/s1. The van der Waals surface area contributed by atoms with E-state index in [4.69, 9.17) is 14.2 Å². The minimum Gasteiger partial charge on any atom is -0.444 e. The highest BCUT2D eigenvalue weighted by molar-refractivity contribution is 5.68. The predicted molar refractivity (Wildman–Crippen MR) is 72.9 cm³/mol. The van der Waals surface area contributed by atoms with Crippen molar-refractivity contribution >= 4 is 6.09 Å². The molecule has 0 saturated carbocycles. The van der Waals surface area contributed by atoms with Gasteiger partial charge in [-0.05, 0) is 40.5 Å². The summed E-state index contributed by atoms with van der Waals surface area (Å²) in [5.41, 5.74) is -0.507. The van der Waals surface area contributed by atoms with E-state index in [0.717, 1.165) is 0 Å². The Bertz CT molecular complexity index is 320. The molecule has 5 heteroatoms. The van der Waals surface area contributed by atoms with Crippen LogP contribution in [-0.4, -0.2) is 36.2 Å². The molecule has 1 saturated heterocycles. The minimum atomic E-state index is -0.610. The second-order valence-corrected chi connectivity index (χ2v) is 6.79. The van der Waals surface area contributed by atoms with Gasteiger partial charge < -0.3 is 19.5 Å². The predicted octanol–water partition coefficient (Wildman–Crippen LogP) is 2.69. The summed E-state index contributed by atoms with van der Waals surface area (Å²) in [4.78, 5) is 11.8. The van der Waals surface area contributed by atoms with Gasteiger partial charge >= 0.3 is 6.09 Å². The molecule has 2 atom stereocenters. The van der Waals surface area contributed by atoms with E-state index in [0.29, 0.717) is 6.61 Å². The molecule has 0 aromatic rings. The van der Waals surface area contributed by atoms with Crippen LogP contribution in [0.3, 0.4) is 0 Å². The van der Waals surface area contributed by atoms with Crippen molar-refractivity contribution in [3.8, 4) is 0 Å². The molecule has 1 heterocycles. The van der Waals surface area contributed by atoms with E-state index in [1.807, 2.05) is 34.6 Å². The summed E-state index contributed by atoms with van der Waals surface area (Å²) in [5.74, 6) is -0.329. The van der Waals surface area contributed by atoms with Gasteiger partial charge in [-0.25, -0.2) is 4.79 Å². The maximum Gasteiger partial charge on any atom is 0.408 e. The van der Waals surface area contributed by atoms with Gasteiger partial charge in [-0.1, -0.05) is 13.8 Å². The van der Waals surface area contributed by atoms with Crippen LogP contribution in [0.1, 0.15) is 48.5 Å². The van der Waals surface area contributed by atoms with E-state index in [1.165, 1.54) is 0 Å². The number of hydrogen-bond acceptors (Lipinski definition) is 4. The van der Waals surface area contributed by atoms with Gasteiger partial charge in [0.05, 0.1) is 18.8 Å². The molecule has 0 aliphatic carbocycles. The average Bonchev–Trinajstić information content (AvgIpc) is 2.17. The Kier molecular flexibility index (Phi) is 4.85. The molecular weight excluding hydrogens is 246 g/mol. The SMILES string of the molecule is CC(C)[C@H]1OC(C)(C)OC[C@@H]1NC(=O)OC(C)(C)C. The Morgan fingerprint density at radius 1 is 1.37 bits per heavy atom. The van der Waals surface area contributed by atoms with Gasteiger partial charge in [0, 0.05) is 0 Å². The van der Waals surface area contributed by atoms with Crippen LogP contribution in [0.5, 0.6) is 0 Å². The van der Waals surface area contributed by atoms with Crippen molar-refractivity contribution in [3.05, 3.63) is 0 Å². The minimum absolute atomic E-state index is 0.0868. The first kappa shape index (κ1) is 16.2. The van der Waals surface area contributed by atoms with Crippen molar-refractivity contribution in [2.45, 2.75) is 72.0 Å². The van der Waals surface area contributed by atoms with Crippen LogP contribution in [0.25, 0.3) is 0 Å². The van der Waals surface area contributed by atoms with E-state index in [-0.39, 0.29) is 18.1 Å². The molecule has 1 fully saturated rings. The molecule has 0 radical (unpaired) electrons. The Labute approximate surface area is 116 Å². The fourth-order valence-electron chi connectivity index (χ4n) is 2.01. The zero-order valence-corrected chi connectivity index (χ0v) is 13.1. The van der Waals surface area contributed by atoms with Crippen LogP contribution >= 0.6 is 0 Å². The van der Waals surface area contributed by atoms with E-state index in [1.54, 1.807) is 0 Å². The van der Waals surface area contributed by atoms with Crippen LogP contribution in [0.2, 0.25) is 0 Å². The summed E-state index contributed by atoms with van der Waals surface area (Å²) in [6.07, 6.45) is -0.522. The Morgan fingerprint density at radius 3 is 2.42 bits per heavy atom. The molecule has 0 bridgehead atoms. The van der Waals surface area contributed by atoms with Crippen molar-refractivity contribution < 1.29 is 19.0 Å². The highest BCUT2D eigenvalue weighted by Gasteiger charge is 2.39. The van der Waals surface area contributed by atoms with Crippen LogP contribution in [0, 0.1) is 5.92 Å². The molecule has 5 nitrogen and oxygen atoms in total. The summed E-state index contributed by atoms with van der Waals surface area (Å²) >= 11 is 0. The molecule has 1 N–H and O–H groups in total. The van der Waals surface area contributed by atoms with Crippen LogP contribution < -0.4 is 5.32 Å². The maximum atomic E-state index is 11.8. The van der Waals surface area contributed by atoms with Crippen LogP contribution in [-0.2, 0) is 14.2 Å². The third-order valence-corrected chi connectivity index (χ3v) is 2.79. The molecule has 1 aliphatic heterocycles. The lowest BCUT2D eigenvalue weighted by Gasteiger charge is -2.43. The second kappa shape index (κ2) is 5.67. The summed E-state index contributed by atoms with van der Waals surface area (Å²) in [6.45, 7) is 13.8. The van der Waals surface area contributed by atoms with E-state index >= 15 is 0 Å². The molecule has 1 amide bonds. The smallest absolute Gasteiger partial charge is 0.408 e. The van der Waals surface area contributed by atoms with Crippen molar-refractivity contribution in [1.29, 1.82) is 0 Å². The van der Waals surface area contributed by atoms with Crippen molar-refractivity contribution in [2.75, 3.05) is 6.61 Å². The monoisotopic (exact) mass is 273 g/mol. The number of carbonyl (C=O) groups is 1. The van der Waals surface area contributed by atoms with Gasteiger partial charge in [-0.3, -0.25) is 0 Å². The van der Waals surface area contributed by atoms with Crippen molar-refractivity contribution in [2.24, 2.45) is 5.92 Å². The lowest BCUT2D eigenvalue weighted by atomic mass is 9.98. The maximum absolute atomic E-state index is 11.8. The van der Waals surface area contributed by atoms with E-state index < -0.39 is 17.5 Å². The highest BCUT2D eigenvalue weighted by Crippen LogP contribution is 2.26. The van der Waals surface area contributed by atoms with Crippen LogP contribution in [0.4, 0.5) is 4.79 Å². The number of alkyl carbamates (subject to hydrolysis) is 1. The number of rotatable bonds is 2. The summed E-state index contributed by atoms with van der Waals surface area (Å²) in [7, 11) is 0. The number of nitrogens with one attached hydrogen (secondary N) is 1. The zero-order valence-electron chi connectivity index (χ0n) is 13.1. The normalized spacial score (nSPS) is 27.2. The van der Waals surface area contributed by atoms with Crippen molar-refractivity contribution in [1.82, 2.24) is 5.32 Å². The van der Waals surface area contributed by atoms with E-state index in [2.05, 4.69) is 19.2 Å². The Morgan fingerprint density at radius 2 is 1.95 bits per heavy atom. The summed E-state index contributed by atoms with van der Waals surface area (Å²) < 4.78 is 16.7. The highest BCUT2D eigenvalue weighted by atomic mass is 16.7. The number of ether oxygens (including phenoxy) is 3. The zero-order chi connectivity index (χ0) is 14.8. The third kappa shape index (κ3) is 5.37. The molecule has 0 unspecified atom stereocenters. The van der Waals surface area contributed by atoms with Gasteiger partial charge in [0.25, 0.3) is 0 Å². The average molecular weight is 273 g/mol. The molecule has 0 spiro atoms. The Hall–Kier alpha value is -0.810. The first-order valence-electron chi connectivity index (χ1n) is 6.81. The second-order valence-electron chi connectivity index (χ2n) is 6.79. The first-order chi connectivity index (χ1) is 8.50. The van der Waals surface area contributed by atoms with E-state index in [9.17, 15) is 4.79 Å². The van der Waals surface area contributed by atoms with Crippen LogP contribution in [0.15, 0.2) is 0 Å². The van der Waals surface area contributed by atoms with Gasteiger partial charge in [0.1, 0.15) is 5.60 Å². The molecule has 1 rings (SSSR count). The molecule has 19 heavy (non-hydrogen) atoms. The quantitative estimate of drug-likeness (QED) is 0.840. The lowest BCUT2D eigenvalue weighted by Crippen LogP contribution is -2.58. The number of hydrogen-bond donors (Lipinski definition) is 1. The van der Waals surface area contributed by atoms with Crippen molar-refractivity contribution in [3.63, 3.8) is 0 Å². The topological polar surface area (TPSA) is 56.8 Å². The Balaban J connectivity index is 2.63. The molecule has 1 aliphatic rings. The van der Waals surface area contributed by atoms with Gasteiger partial charge in [0.2, 0.25) is 0 Å². The van der Waals surface area contributed by atoms with Gasteiger partial charge in [0.15, 0.2) is 5.79 Å². The lowest BCUT2D eigenvalue weighted by molar-refractivity contribution is -0.289. The summed E-state index contributed by atoms with van der Waals surface area (Å²) in [5, 5.41) is 2.83. The molecular formula is C14H27NO4. The largest absolute Gasteiger partial charge is 0.444 e. The fourth-order valence-corrected chi connectivity index (χ4v) is 2.01. The van der Waals surface area contributed by atoms with Gasteiger partial charge in [-0.2, -0.15) is 0 Å². The first-order valence-corrected chi connectivity index (χ1v) is 6.81. The number of amides is 1. The third-order valence-electron chi connectivity index (χ3n) is 2.79.